The number of allylic oxidation sites excluding steroid dienone is 1. The Kier molecular flexibility index (Phi) is 4.70. The van der Waals surface area contributed by atoms with Crippen LogP contribution in [-0.4, -0.2) is 9.96 Å². The van der Waals surface area contributed by atoms with E-state index >= 15 is 0 Å². The molecule has 1 aliphatic heterocycles. The third-order valence-corrected chi connectivity index (χ3v) is 6.44. The summed E-state index contributed by atoms with van der Waals surface area (Å²) >= 11 is 15.3. The first-order valence-electron chi connectivity index (χ1n) is 5.11. The highest BCUT2D eigenvalue weighted by Gasteiger charge is 2.33. The van der Waals surface area contributed by atoms with Crippen LogP contribution in [0.25, 0.3) is 0 Å². The molecule has 1 heterocycles. The molecule has 1 aliphatic rings. The van der Waals surface area contributed by atoms with Gasteiger partial charge in [-0.1, -0.05) is 6.08 Å². The second-order valence-electron chi connectivity index (χ2n) is 3.73. The predicted octanol–water partition coefficient (Wildman–Crippen LogP) is 5.24. The Balaban J connectivity index is 2.23. The standard InChI is InChI=1S/C12H11Cl2FS2/c13-7-9-6-10(15)2-3-11(9)17-12(8-14)4-1-5-16-12/h1-3,5-6H,4,7-8H2. The largest absolute Gasteiger partial charge is 0.207 e. The van der Waals surface area contributed by atoms with Crippen LogP contribution in [0.4, 0.5) is 4.39 Å². The Hall–Kier alpha value is 0.170. The highest BCUT2D eigenvalue weighted by molar-refractivity contribution is 8.20. The molecule has 0 amide bonds. The molecule has 5 heteroatoms. The minimum absolute atomic E-state index is 0.0693. The summed E-state index contributed by atoms with van der Waals surface area (Å²) in [5.41, 5.74) is 0.827. The lowest BCUT2D eigenvalue weighted by Crippen LogP contribution is -2.18. The summed E-state index contributed by atoms with van der Waals surface area (Å²) < 4.78 is 13.0. The van der Waals surface area contributed by atoms with Crippen LogP contribution in [0, 0.1) is 5.82 Å². The van der Waals surface area contributed by atoms with Crippen LogP contribution in [0.2, 0.25) is 0 Å². The van der Waals surface area contributed by atoms with Crippen LogP contribution >= 0.6 is 46.7 Å². The molecule has 0 saturated heterocycles. The van der Waals surface area contributed by atoms with Gasteiger partial charge in [0.15, 0.2) is 0 Å². The zero-order valence-corrected chi connectivity index (χ0v) is 12.1. The number of thioether (sulfide) groups is 2. The molecule has 1 atom stereocenters. The summed E-state index contributed by atoms with van der Waals surface area (Å²) in [6, 6.07) is 4.74. The summed E-state index contributed by atoms with van der Waals surface area (Å²) in [5.74, 6) is 0.618. The van der Waals surface area contributed by atoms with Gasteiger partial charge in [0, 0.05) is 16.7 Å². The molecule has 1 aromatic rings. The minimum atomic E-state index is -0.248. The fourth-order valence-electron chi connectivity index (χ4n) is 1.58. The van der Waals surface area contributed by atoms with Crippen molar-refractivity contribution in [2.24, 2.45) is 0 Å². The van der Waals surface area contributed by atoms with E-state index in [0.717, 1.165) is 16.9 Å². The molecule has 0 fully saturated rings. The Morgan fingerprint density at radius 3 is 2.82 bits per heavy atom. The molecule has 1 unspecified atom stereocenters. The van der Waals surface area contributed by atoms with Crippen LogP contribution in [0.15, 0.2) is 34.6 Å². The normalized spacial score (nSPS) is 23.2. The molecule has 0 N–H and O–H groups in total. The van der Waals surface area contributed by atoms with Gasteiger partial charge in [0.2, 0.25) is 0 Å². The van der Waals surface area contributed by atoms with Gasteiger partial charge in [-0.15, -0.1) is 46.7 Å². The molecule has 17 heavy (non-hydrogen) atoms. The highest BCUT2D eigenvalue weighted by atomic mass is 35.5. The maximum absolute atomic E-state index is 13.1. The zero-order chi connectivity index (χ0) is 12.3. The van der Waals surface area contributed by atoms with Gasteiger partial charge in [-0.25, -0.2) is 4.39 Å². The molecule has 2 rings (SSSR count). The first kappa shape index (κ1) is 13.6. The molecule has 0 saturated carbocycles. The SMILES string of the molecule is Fc1ccc(SC2(CCl)CC=CS2)c(CCl)c1. The van der Waals surface area contributed by atoms with Crippen molar-refractivity contribution < 1.29 is 4.39 Å². The fraction of sp³-hybridized carbons (Fsp3) is 0.333. The first-order chi connectivity index (χ1) is 8.19. The van der Waals surface area contributed by atoms with E-state index in [-0.39, 0.29) is 9.90 Å². The van der Waals surface area contributed by atoms with Crippen molar-refractivity contribution >= 4 is 46.7 Å². The van der Waals surface area contributed by atoms with Gasteiger partial charge in [0.1, 0.15) is 5.82 Å². The van der Waals surface area contributed by atoms with Crippen molar-refractivity contribution in [3.05, 3.63) is 41.1 Å². The smallest absolute Gasteiger partial charge is 0.123 e. The molecule has 1 aromatic carbocycles. The average Bonchev–Trinajstić information content (AvgIpc) is 2.81. The zero-order valence-electron chi connectivity index (χ0n) is 8.96. The third-order valence-electron chi connectivity index (χ3n) is 2.47. The Bertz CT molecular complexity index is 427. The third kappa shape index (κ3) is 3.14. The predicted molar refractivity (Wildman–Crippen MR) is 76.6 cm³/mol. The molecule has 0 bridgehead atoms. The fourth-order valence-corrected chi connectivity index (χ4v) is 4.70. The van der Waals surface area contributed by atoms with E-state index in [1.54, 1.807) is 29.6 Å². The molecule has 0 nitrogen and oxygen atoms in total. The number of hydrogen-bond donors (Lipinski definition) is 0. The van der Waals surface area contributed by atoms with Crippen molar-refractivity contribution in [2.75, 3.05) is 5.88 Å². The Morgan fingerprint density at radius 1 is 1.41 bits per heavy atom. The second-order valence-corrected chi connectivity index (χ2v) is 7.23. The first-order valence-corrected chi connectivity index (χ1v) is 7.88. The van der Waals surface area contributed by atoms with Gasteiger partial charge >= 0.3 is 0 Å². The van der Waals surface area contributed by atoms with E-state index in [2.05, 4.69) is 11.5 Å². The lowest BCUT2D eigenvalue weighted by atomic mass is 10.2. The van der Waals surface area contributed by atoms with Gasteiger partial charge in [-0.3, -0.25) is 0 Å². The maximum Gasteiger partial charge on any atom is 0.123 e. The van der Waals surface area contributed by atoms with E-state index in [9.17, 15) is 4.39 Å². The van der Waals surface area contributed by atoms with Gasteiger partial charge in [0.25, 0.3) is 0 Å². The molecular weight excluding hydrogens is 298 g/mol. The summed E-state index contributed by atoms with van der Waals surface area (Å²) in [6.07, 6.45) is 3.04. The average molecular weight is 309 g/mol. The lowest BCUT2D eigenvalue weighted by Gasteiger charge is -2.25. The van der Waals surface area contributed by atoms with Crippen LogP contribution in [0.1, 0.15) is 12.0 Å². The topological polar surface area (TPSA) is 0 Å². The van der Waals surface area contributed by atoms with Crippen LogP contribution in [0.5, 0.6) is 0 Å². The summed E-state index contributed by atoms with van der Waals surface area (Å²) in [5, 5.41) is 2.07. The maximum atomic E-state index is 13.1. The Morgan fingerprint density at radius 2 is 2.24 bits per heavy atom. The van der Waals surface area contributed by atoms with Crippen molar-refractivity contribution in [1.29, 1.82) is 0 Å². The number of benzene rings is 1. The van der Waals surface area contributed by atoms with E-state index in [1.165, 1.54) is 12.1 Å². The van der Waals surface area contributed by atoms with E-state index in [0.29, 0.717) is 11.8 Å². The number of alkyl halides is 2. The van der Waals surface area contributed by atoms with Crippen LogP contribution in [-0.2, 0) is 5.88 Å². The van der Waals surface area contributed by atoms with Gasteiger partial charge < -0.3 is 0 Å². The van der Waals surface area contributed by atoms with E-state index < -0.39 is 0 Å². The number of halogens is 3. The second kappa shape index (κ2) is 5.87. The molecule has 92 valence electrons. The molecule has 0 spiro atoms. The van der Waals surface area contributed by atoms with Gasteiger partial charge in [0.05, 0.1) is 4.08 Å². The minimum Gasteiger partial charge on any atom is -0.207 e. The van der Waals surface area contributed by atoms with Crippen molar-refractivity contribution in [3.8, 4) is 0 Å². The highest BCUT2D eigenvalue weighted by Crippen LogP contribution is 2.50. The number of rotatable bonds is 4. The quantitative estimate of drug-likeness (QED) is 0.697. The van der Waals surface area contributed by atoms with Gasteiger partial charge in [-0.05, 0) is 35.6 Å². The Labute approximate surface area is 119 Å². The van der Waals surface area contributed by atoms with Crippen molar-refractivity contribution in [2.45, 2.75) is 21.3 Å². The molecule has 0 aliphatic carbocycles. The van der Waals surface area contributed by atoms with Crippen LogP contribution in [0.3, 0.4) is 0 Å². The summed E-state index contributed by atoms with van der Waals surface area (Å²) in [7, 11) is 0. The van der Waals surface area contributed by atoms with Crippen molar-refractivity contribution in [1.82, 2.24) is 0 Å². The lowest BCUT2D eigenvalue weighted by molar-refractivity contribution is 0.624. The summed E-state index contributed by atoms with van der Waals surface area (Å²) in [6.45, 7) is 0. The van der Waals surface area contributed by atoms with E-state index in [1.807, 2.05) is 0 Å². The molecule has 0 radical (unpaired) electrons. The van der Waals surface area contributed by atoms with E-state index in [4.69, 9.17) is 23.2 Å². The number of hydrogen-bond acceptors (Lipinski definition) is 2. The molecule has 0 aromatic heterocycles. The van der Waals surface area contributed by atoms with Crippen molar-refractivity contribution in [3.63, 3.8) is 0 Å². The summed E-state index contributed by atoms with van der Waals surface area (Å²) in [4.78, 5) is 1.01. The van der Waals surface area contributed by atoms with Crippen LogP contribution < -0.4 is 0 Å². The monoisotopic (exact) mass is 308 g/mol. The van der Waals surface area contributed by atoms with Gasteiger partial charge in [-0.2, -0.15) is 0 Å². The molecular formula is C12H11Cl2FS2.